The molecule has 0 fully saturated rings. The molecule has 0 aromatic heterocycles. The molecule has 100 valence electrons. The zero-order valence-corrected chi connectivity index (χ0v) is 12.5. The van der Waals surface area contributed by atoms with Crippen molar-refractivity contribution in [3.05, 3.63) is 23.8 Å². The van der Waals surface area contributed by atoms with Crippen LogP contribution in [0.15, 0.2) is 28.1 Å². The number of hydrogen-bond donors (Lipinski definition) is 1. The normalized spacial score (nSPS) is 10.9. The van der Waals surface area contributed by atoms with Crippen LogP contribution < -0.4 is 0 Å². The monoisotopic (exact) mass is 263 g/mol. The first-order chi connectivity index (χ1) is 8.71. The summed E-state index contributed by atoms with van der Waals surface area (Å²) in [5, 5.41) is 0. The first-order valence-corrected chi connectivity index (χ1v) is 7.44. The Morgan fingerprint density at radius 1 is 1.17 bits per heavy atom. The van der Waals surface area contributed by atoms with Crippen LogP contribution in [0.2, 0.25) is 0 Å². The maximum atomic E-state index is 4.41. The molecular weight excluding hydrogens is 238 g/mol. The van der Waals surface area contributed by atoms with Crippen LogP contribution in [0.25, 0.3) is 0 Å². The number of nitrogens with zero attached hydrogens (tertiary/aromatic N) is 1. The number of aryl methyl sites for hydroxylation is 1. The van der Waals surface area contributed by atoms with Crippen LogP contribution in [0.4, 0.5) is 5.69 Å². The van der Waals surface area contributed by atoms with Crippen LogP contribution in [-0.4, -0.2) is 6.72 Å². The van der Waals surface area contributed by atoms with Gasteiger partial charge in [0.25, 0.3) is 0 Å². The Morgan fingerprint density at radius 3 is 2.39 bits per heavy atom. The van der Waals surface area contributed by atoms with E-state index in [4.69, 9.17) is 0 Å². The molecule has 2 heteroatoms. The van der Waals surface area contributed by atoms with Crippen molar-refractivity contribution in [1.82, 2.24) is 0 Å². The lowest BCUT2D eigenvalue weighted by atomic mass is 9.91. The number of benzene rings is 1. The highest BCUT2D eigenvalue weighted by molar-refractivity contribution is 7.80. The van der Waals surface area contributed by atoms with Crippen molar-refractivity contribution in [2.75, 3.05) is 0 Å². The Morgan fingerprint density at radius 2 is 1.83 bits per heavy atom. The molecule has 0 heterocycles. The van der Waals surface area contributed by atoms with E-state index in [9.17, 15) is 0 Å². The first-order valence-electron chi connectivity index (χ1n) is 6.99. The quantitative estimate of drug-likeness (QED) is 0.472. The van der Waals surface area contributed by atoms with E-state index in [0.717, 1.165) is 22.9 Å². The van der Waals surface area contributed by atoms with E-state index < -0.39 is 0 Å². The van der Waals surface area contributed by atoms with Gasteiger partial charge < -0.3 is 0 Å². The van der Waals surface area contributed by atoms with Crippen molar-refractivity contribution in [3.63, 3.8) is 0 Å². The topological polar surface area (TPSA) is 12.4 Å². The maximum absolute atomic E-state index is 4.41. The minimum absolute atomic E-state index is 0.848. The predicted octanol–water partition coefficient (Wildman–Crippen LogP) is 5.46. The largest absolute Gasteiger partial charge is 0.264 e. The standard InChI is InChI=1S/C16H25NS/c1-4-6-13(7-5-2)8-9-14-12-15(18)10-11-16(14)17-3/h10-13,18H,3-9H2,1-2H3. The zero-order chi connectivity index (χ0) is 13.4. The Balaban J connectivity index is 2.65. The third-order valence-electron chi connectivity index (χ3n) is 3.45. The summed E-state index contributed by atoms with van der Waals surface area (Å²) in [6.45, 7) is 8.19. The highest BCUT2D eigenvalue weighted by atomic mass is 32.1. The van der Waals surface area contributed by atoms with Gasteiger partial charge in [0.1, 0.15) is 0 Å². The molecule has 0 N–H and O–H groups in total. The fourth-order valence-corrected chi connectivity index (χ4v) is 2.77. The van der Waals surface area contributed by atoms with Crippen molar-refractivity contribution in [2.45, 2.75) is 57.3 Å². The number of rotatable bonds is 8. The fourth-order valence-electron chi connectivity index (χ4n) is 2.54. The molecular formula is C16H25NS. The number of hydrogen-bond acceptors (Lipinski definition) is 2. The van der Waals surface area contributed by atoms with Crippen molar-refractivity contribution >= 4 is 25.0 Å². The molecule has 0 aliphatic carbocycles. The van der Waals surface area contributed by atoms with Gasteiger partial charge in [-0.2, -0.15) is 0 Å². The molecule has 0 saturated heterocycles. The molecule has 1 aromatic carbocycles. The SMILES string of the molecule is C=Nc1ccc(S)cc1CCC(CCC)CCC. The molecule has 0 bridgehead atoms. The van der Waals surface area contributed by atoms with E-state index in [0.29, 0.717) is 0 Å². The van der Waals surface area contributed by atoms with Crippen molar-refractivity contribution in [3.8, 4) is 0 Å². The molecule has 0 aliphatic rings. The molecule has 0 radical (unpaired) electrons. The molecule has 1 aromatic rings. The lowest BCUT2D eigenvalue weighted by Crippen LogP contribution is -2.02. The Bertz CT molecular complexity index is 367. The van der Waals surface area contributed by atoms with E-state index in [1.54, 1.807) is 0 Å². The van der Waals surface area contributed by atoms with Gasteiger partial charge >= 0.3 is 0 Å². The van der Waals surface area contributed by atoms with E-state index >= 15 is 0 Å². The first kappa shape index (κ1) is 15.3. The third-order valence-corrected chi connectivity index (χ3v) is 3.73. The summed E-state index contributed by atoms with van der Waals surface area (Å²) in [4.78, 5) is 5.11. The van der Waals surface area contributed by atoms with Gasteiger partial charge in [0.15, 0.2) is 0 Å². The fraction of sp³-hybridized carbons (Fsp3) is 0.562. The second kappa shape index (κ2) is 8.36. The predicted molar refractivity (Wildman–Crippen MR) is 84.5 cm³/mol. The average Bonchev–Trinajstić information content (AvgIpc) is 2.36. The molecule has 0 unspecified atom stereocenters. The van der Waals surface area contributed by atoms with Gasteiger partial charge in [-0.25, -0.2) is 0 Å². The van der Waals surface area contributed by atoms with Gasteiger partial charge in [0.2, 0.25) is 0 Å². The van der Waals surface area contributed by atoms with Crippen LogP contribution in [0.5, 0.6) is 0 Å². The third kappa shape index (κ3) is 4.85. The highest BCUT2D eigenvalue weighted by Gasteiger charge is 2.09. The van der Waals surface area contributed by atoms with Gasteiger partial charge in [0.05, 0.1) is 5.69 Å². The van der Waals surface area contributed by atoms with E-state index in [-0.39, 0.29) is 0 Å². The molecule has 1 rings (SSSR count). The highest BCUT2D eigenvalue weighted by Crippen LogP contribution is 2.26. The molecule has 0 aliphatic heterocycles. The Kier molecular flexibility index (Phi) is 7.11. The molecule has 0 atom stereocenters. The molecule has 18 heavy (non-hydrogen) atoms. The van der Waals surface area contributed by atoms with Gasteiger partial charge in [0, 0.05) is 4.90 Å². The summed E-state index contributed by atoms with van der Waals surface area (Å²) in [6, 6.07) is 6.12. The summed E-state index contributed by atoms with van der Waals surface area (Å²) in [5.41, 5.74) is 2.30. The van der Waals surface area contributed by atoms with Crippen molar-refractivity contribution in [2.24, 2.45) is 10.9 Å². The van der Waals surface area contributed by atoms with E-state index in [2.05, 4.69) is 44.3 Å². The average molecular weight is 263 g/mol. The minimum Gasteiger partial charge on any atom is -0.264 e. The molecule has 1 nitrogen and oxygen atoms in total. The van der Waals surface area contributed by atoms with Crippen LogP contribution in [0, 0.1) is 5.92 Å². The second-order valence-electron chi connectivity index (χ2n) is 4.95. The van der Waals surface area contributed by atoms with E-state index in [1.165, 1.54) is 37.7 Å². The van der Waals surface area contributed by atoms with Crippen molar-refractivity contribution in [1.29, 1.82) is 0 Å². The lowest BCUT2D eigenvalue weighted by molar-refractivity contribution is 0.411. The summed E-state index contributed by atoms with van der Waals surface area (Å²) >= 11 is 4.41. The Hall–Kier alpha value is -0.760. The Labute approximate surface area is 117 Å². The molecule has 0 saturated carbocycles. The zero-order valence-electron chi connectivity index (χ0n) is 11.7. The number of thiol groups is 1. The van der Waals surface area contributed by atoms with E-state index in [1.807, 2.05) is 12.1 Å². The summed E-state index contributed by atoms with van der Waals surface area (Å²) in [6.07, 6.45) is 7.58. The van der Waals surface area contributed by atoms with Gasteiger partial charge in [-0.15, -0.1) is 12.6 Å². The van der Waals surface area contributed by atoms with Crippen LogP contribution in [0.3, 0.4) is 0 Å². The maximum Gasteiger partial charge on any atom is 0.0655 e. The summed E-state index contributed by atoms with van der Waals surface area (Å²) in [5.74, 6) is 0.848. The van der Waals surface area contributed by atoms with Crippen LogP contribution >= 0.6 is 12.6 Å². The minimum atomic E-state index is 0.848. The van der Waals surface area contributed by atoms with Crippen molar-refractivity contribution < 1.29 is 0 Å². The van der Waals surface area contributed by atoms with Gasteiger partial charge in [-0.05, 0) is 49.2 Å². The number of aliphatic imine (C=N–C) groups is 1. The summed E-state index contributed by atoms with van der Waals surface area (Å²) in [7, 11) is 0. The molecule has 0 amide bonds. The van der Waals surface area contributed by atoms with Gasteiger partial charge in [-0.1, -0.05) is 39.5 Å². The summed E-state index contributed by atoms with van der Waals surface area (Å²) < 4.78 is 0. The lowest BCUT2D eigenvalue weighted by Gasteiger charge is -2.15. The molecule has 0 spiro atoms. The van der Waals surface area contributed by atoms with Crippen LogP contribution in [0.1, 0.15) is 51.5 Å². The second-order valence-corrected chi connectivity index (χ2v) is 5.47. The van der Waals surface area contributed by atoms with Crippen LogP contribution in [-0.2, 0) is 6.42 Å². The van der Waals surface area contributed by atoms with Gasteiger partial charge in [-0.3, -0.25) is 4.99 Å². The smallest absolute Gasteiger partial charge is 0.0655 e.